The van der Waals surface area contributed by atoms with Gasteiger partial charge < -0.3 is 29.4 Å². The molecule has 0 aliphatic carbocycles. The molecule has 0 fully saturated rings. The molecule has 4 heterocycles. The number of anilines is 2. The van der Waals surface area contributed by atoms with E-state index < -0.39 is 4.92 Å². The van der Waals surface area contributed by atoms with E-state index in [4.69, 9.17) is 26.1 Å². The van der Waals surface area contributed by atoms with Crippen molar-refractivity contribution in [1.82, 2.24) is 19.5 Å². The maximum Gasteiger partial charge on any atom is 0.368 e. The van der Waals surface area contributed by atoms with Gasteiger partial charge in [-0.1, -0.05) is 46.9 Å². The summed E-state index contributed by atoms with van der Waals surface area (Å²) in [5.74, 6) is 1.40. The molecular weight excluding hydrogens is 712 g/mol. The predicted molar refractivity (Wildman–Crippen MR) is 207 cm³/mol. The van der Waals surface area contributed by atoms with Gasteiger partial charge in [0.25, 0.3) is 5.56 Å². The fourth-order valence-electron chi connectivity index (χ4n) is 6.21. The van der Waals surface area contributed by atoms with Crippen LogP contribution in [0.15, 0.2) is 106 Å². The average Bonchev–Trinajstić information content (AvgIpc) is 3.61. The van der Waals surface area contributed by atoms with E-state index in [2.05, 4.69) is 20.3 Å². The van der Waals surface area contributed by atoms with E-state index in [1.54, 1.807) is 65.7 Å². The van der Waals surface area contributed by atoms with E-state index in [1.807, 2.05) is 44.4 Å². The number of pyridine rings is 2. The second-order valence-electron chi connectivity index (χ2n) is 13.3. The summed E-state index contributed by atoms with van der Waals surface area (Å²) in [4.78, 5) is 55.8. The summed E-state index contributed by atoms with van der Waals surface area (Å²) >= 11 is 6.76. The number of nitrogens with zero attached hydrogens (tertiary/aromatic N) is 7. The van der Waals surface area contributed by atoms with Crippen LogP contribution in [0.5, 0.6) is 11.5 Å². The van der Waals surface area contributed by atoms with Crippen LogP contribution >= 0.6 is 11.6 Å². The van der Waals surface area contributed by atoms with Crippen LogP contribution in [0, 0.1) is 10.1 Å². The van der Waals surface area contributed by atoms with Crippen molar-refractivity contribution in [2.24, 2.45) is 4.99 Å². The molecule has 0 radical (unpaired) electrons. The molecule has 276 valence electrons. The molecule has 0 atom stereocenters. The smallest absolute Gasteiger partial charge is 0.368 e. The topological polar surface area (TPSA) is 164 Å². The van der Waals surface area contributed by atoms with Gasteiger partial charge in [0.05, 0.1) is 52.0 Å². The highest BCUT2D eigenvalue weighted by atomic mass is 35.5. The van der Waals surface area contributed by atoms with Crippen LogP contribution < -0.4 is 20.3 Å². The SMILES string of the molecule is COc1cc(OC)c(Cl)c(-c2cc3cnc(Nc4ccccn4)nc3n(Cc3cccc(CC(=O)/C=C/C[N+](C)(C)CC4=C([N+](=O)[O-])N=CC4)c3)c2=O)c1. The Labute approximate surface area is 315 Å². The van der Waals surface area contributed by atoms with Crippen LogP contribution in [0.2, 0.25) is 5.02 Å². The number of ketones is 1. The highest BCUT2D eigenvalue weighted by Crippen LogP contribution is 2.38. The number of hydrogen-bond donors (Lipinski definition) is 1. The molecule has 2 aromatic carbocycles. The number of rotatable bonds is 15. The van der Waals surface area contributed by atoms with Crippen LogP contribution in [0.3, 0.4) is 0 Å². The molecule has 0 bridgehead atoms. The van der Waals surface area contributed by atoms with Gasteiger partial charge >= 0.3 is 5.82 Å². The number of methoxy groups -OCH3 is 2. The standard InChI is InChI=1S/C39H37ClN8O6/c1-48(2,24-27-13-15-42-36(27)47(51)52)16-8-11-29(49)18-25-9-7-10-26(17-25)23-46-37-28(22-43-39(45-37)44-34-12-5-6-14-41-34)19-32(38(46)50)31-20-30(53-3)21-33(54-4)35(31)40/h5-12,14-15,17,19-22H,13,16,18,23-24H2,1-4H3/p+1/b11-8+. The molecule has 5 aromatic rings. The summed E-state index contributed by atoms with van der Waals surface area (Å²) in [6, 6.07) is 17.9. The minimum Gasteiger partial charge on any atom is -0.497 e. The van der Waals surface area contributed by atoms with Gasteiger partial charge in [-0.3, -0.25) is 14.2 Å². The molecule has 1 N–H and O–H groups in total. The number of ether oxygens (including phenoxy) is 2. The van der Waals surface area contributed by atoms with E-state index in [0.29, 0.717) is 69.0 Å². The second-order valence-corrected chi connectivity index (χ2v) is 13.7. The lowest BCUT2D eigenvalue weighted by Gasteiger charge is -2.28. The van der Waals surface area contributed by atoms with Gasteiger partial charge in [-0.25, -0.2) is 9.97 Å². The first kappa shape index (κ1) is 37.5. The van der Waals surface area contributed by atoms with Crippen molar-refractivity contribution in [3.63, 3.8) is 0 Å². The molecule has 0 saturated carbocycles. The van der Waals surface area contributed by atoms with E-state index >= 15 is 0 Å². The molecule has 3 aromatic heterocycles. The number of quaternary nitrogens is 1. The molecular formula is C39H38ClN8O6+. The molecule has 6 rings (SSSR count). The Morgan fingerprint density at radius 1 is 1.06 bits per heavy atom. The van der Waals surface area contributed by atoms with Gasteiger partial charge in [0.2, 0.25) is 5.95 Å². The van der Waals surface area contributed by atoms with Crippen LogP contribution in [0.1, 0.15) is 17.5 Å². The minimum absolute atomic E-state index is 0.0958. The number of allylic oxidation sites excluding steroid dienone is 1. The highest BCUT2D eigenvalue weighted by Gasteiger charge is 2.28. The first-order valence-electron chi connectivity index (χ1n) is 16.9. The Morgan fingerprint density at radius 3 is 2.61 bits per heavy atom. The summed E-state index contributed by atoms with van der Waals surface area (Å²) in [6.07, 6.45) is 8.74. The van der Waals surface area contributed by atoms with Crippen LogP contribution in [-0.2, 0) is 17.8 Å². The molecule has 0 amide bonds. The first-order valence-corrected chi connectivity index (χ1v) is 17.3. The number of carbonyl (C=O) groups excluding carboxylic acids is 1. The predicted octanol–water partition coefficient (Wildman–Crippen LogP) is 6.02. The van der Waals surface area contributed by atoms with E-state index in [9.17, 15) is 19.7 Å². The fourth-order valence-corrected chi connectivity index (χ4v) is 6.50. The van der Waals surface area contributed by atoms with Crippen molar-refractivity contribution < 1.29 is 23.7 Å². The molecule has 1 aliphatic rings. The third-order valence-electron chi connectivity index (χ3n) is 8.76. The Morgan fingerprint density at radius 2 is 1.87 bits per heavy atom. The molecule has 54 heavy (non-hydrogen) atoms. The largest absolute Gasteiger partial charge is 0.497 e. The lowest BCUT2D eigenvalue weighted by atomic mass is 10.0. The zero-order valence-electron chi connectivity index (χ0n) is 30.2. The number of carbonyl (C=O) groups is 1. The number of aromatic nitrogens is 4. The summed E-state index contributed by atoms with van der Waals surface area (Å²) < 4.78 is 12.9. The van der Waals surface area contributed by atoms with Crippen molar-refractivity contribution in [3.8, 4) is 22.6 Å². The maximum absolute atomic E-state index is 14.5. The van der Waals surface area contributed by atoms with E-state index in [-0.39, 0.29) is 41.1 Å². The molecule has 0 saturated heterocycles. The molecule has 14 nitrogen and oxygen atoms in total. The van der Waals surface area contributed by atoms with Gasteiger partial charge in [-0.05, 0) is 52.5 Å². The third-order valence-corrected chi connectivity index (χ3v) is 9.15. The Hall–Kier alpha value is -6.25. The molecule has 0 spiro atoms. The van der Waals surface area contributed by atoms with Gasteiger partial charge in [0.15, 0.2) is 5.78 Å². The van der Waals surface area contributed by atoms with Gasteiger partial charge in [-0.15, -0.1) is 0 Å². The van der Waals surface area contributed by atoms with Gasteiger partial charge in [-0.2, -0.15) is 4.98 Å². The van der Waals surface area contributed by atoms with Crippen LogP contribution in [0.25, 0.3) is 22.2 Å². The monoisotopic (exact) mass is 749 g/mol. The number of halogens is 1. The fraction of sp³-hybridized carbons (Fsp3) is 0.231. The number of likely N-dealkylation sites (N-methyl/N-ethyl adjacent to an activating group) is 1. The number of aliphatic imine (C=N–C) groups is 1. The maximum atomic E-state index is 14.5. The van der Waals surface area contributed by atoms with Gasteiger partial charge in [0.1, 0.15) is 35.7 Å². The van der Waals surface area contributed by atoms with Crippen molar-refractivity contribution in [3.05, 3.63) is 133 Å². The lowest BCUT2D eigenvalue weighted by Crippen LogP contribution is -2.41. The first-order chi connectivity index (χ1) is 25.9. The normalized spacial score (nSPS) is 12.8. The zero-order valence-corrected chi connectivity index (χ0v) is 30.9. The number of hydrogen-bond acceptors (Lipinski definition) is 11. The lowest BCUT2D eigenvalue weighted by molar-refractivity contribution is -0.880. The summed E-state index contributed by atoms with van der Waals surface area (Å²) in [5, 5.41) is 15.2. The van der Waals surface area contributed by atoms with Crippen LogP contribution in [-0.4, -0.2) is 82.3 Å². The Bertz CT molecular complexity index is 2390. The summed E-state index contributed by atoms with van der Waals surface area (Å²) in [7, 11) is 6.90. The van der Waals surface area contributed by atoms with Crippen molar-refractivity contribution >= 4 is 46.4 Å². The average molecular weight is 750 g/mol. The van der Waals surface area contributed by atoms with E-state index in [1.165, 1.54) is 14.2 Å². The second kappa shape index (κ2) is 16.2. The molecule has 0 unspecified atom stereocenters. The quantitative estimate of drug-likeness (QED) is 0.0579. The highest BCUT2D eigenvalue weighted by molar-refractivity contribution is 6.35. The summed E-state index contributed by atoms with van der Waals surface area (Å²) in [6.45, 7) is 1.06. The van der Waals surface area contributed by atoms with Crippen molar-refractivity contribution in [1.29, 1.82) is 0 Å². The number of nitrogens with one attached hydrogen (secondary N) is 1. The Kier molecular flexibility index (Phi) is 11.2. The molecule has 1 aliphatic heterocycles. The van der Waals surface area contributed by atoms with Crippen LogP contribution in [0.4, 0.5) is 11.8 Å². The van der Waals surface area contributed by atoms with E-state index in [0.717, 1.165) is 11.1 Å². The van der Waals surface area contributed by atoms with Crippen molar-refractivity contribution in [2.75, 3.05) is 46.7 Å². The number of nitro groups is 1. The number of benzene rings is 2. The summed E-state index contributed by atoms with van der Waals surface area (Å²) in [5.41, 5.74) is 2.92. The Balaban J connectivity index is 1.29. The van der Waals surface area contributed by atoms with Gasteiger partial charge in [0, 0.05) is 47.8 Å². The minimum atomic E-state index is -0.457. The zero-order chi connectivity index (χ0) is 38.4. The van der Waals surface area contributed by atoms with Crippen molar-refractivity contribution in [2.45, 2.75) is 19.4 Å². The molecule has 15 heteroatoms. The number of fused-ring (bicyclic) bond motifs is 1. The third kappa shape index (κ3) is 8.68.